The van der Waals surface area contributed by atoms with Crippen LogP contribution in [-0.2, 0) is 25.8 Å². The summed E-state index contributed by atoms with van der Waals surface area (Å²) >= 11 is 1.69. The number of fused-ring (bicyclic) bond motifs is 3. The highest BCUT2D eigenvalue weighted by atomic mass is 32.1. The van der Waals surface area contributed by atoms with E-state index in [2.05, 4.69) is 55.3 Å². The molecule has 0 aliphatic heterocycles. The van der Waals surface area contributed by atoms with E-state index in [1.165, 1.54) is 21.6 Å². The van der Waals surface area contributed by atoms with Crippen LogP contribution in [0.15, 0.2) is 29.1 Å². The molecule has 3 aromatic rings. The average Bonchev–Trinajstić information content (AvgIpc) is 3.20. The molecule has 0 fully saturated rings. The van der Waals surface area contributed by atoms with E-state index in [-0.39, 0.29) is 11.6 Å². The Kier molecular flexibility index (Phi) is 5.15. The van der Waals surface area contributed by atoms with Crippen LogP contribution in [0.1, 0.15) is 60.6 Å². The zero-order chi connectivity index (χ0) is 19.0. The van der Waals surface area contributed by atoms with Crippen LogP contribution in [0.2, 0.25) is 0 Å². The predicted molar refractivity (Wildman–Crippen MR) is 113 cm³/mol. The topological polar surface area (TPSA) is 57.8 Å². The van der Waals surface area contributed by atoms with Crippen molar-refractivity contribution in [3.05, 3.63) is 62.0 Å². The van der Waals surface area contributed by atoms with Gasteiger partial charge in [-0.2, -0.15) is 0 Å². The summed E-state index contributed by atoms with van der Waals surface area (Å²) in [6.07, 6.45) is 4.38. The van der Waals surface area contributed by atoms with Crippen molar-refractivity contribution in [3.63, 3.8) is 0 Å². The third-order valence-electron chi connectivity index (χ3n) is 5.32. The van der Waals surface area contributed by atoms with Crippen LogP contribution in [0.25, 0.3) is 10.2 Å². The minimum Gasteiger partial charge on any atom is -0.309 e. The second kappa shape index (κ2) is 7.56. The van der Waals surface area contributed by atoms with Crippen molar-refractivity contribution < 1.29 is 0 Å². The molecule has 4 nitrogen and oxygen atoms in total. The summed E-state index contributed by atoms with van der Waals surface area (Å²) < 4.78 is 0. The third kappa shape index (κ3) is 3.85. The molecule has 5 heteroatoms. The van der Waals surface area contributed by atoms with Crippen molar-refractivity contribution >= 4 is 21.6 Å². The van der Waals surface area contributed by atoms with Gasteiger partial charge in [0.15, 0.2) is 0 Å². The number of benzene rings is 1. The lowest BCUT2D eigenvalue weighted by molar-refractivity contribution is 0.559. The second-order valence-corrected chi connectivity index (χ2v) is 9.08. The van der Waals surface area contributed by atoms with E-state index in [1.54, 1.807) is 11.3 Å². The molecule has 0 saturated heterocycles. The number of aromatic amines is 1. The number of aromatic nitrogens is 2. The summed E-state index contributed by atoms with van der Waals surface area (Å²) in [4.78, 5) is 22.5. The molecule has 0 unspecified atom stereocenters. The van der Waals surface area contributed by atoms with E-state index in [1.807, 2.05) is 0 Å². The highest BCUT2D eigenvalue weighted by Gasteiger charge is 2.21. The van der Waals surface area contributed by atoms with Gasteiger partial charge in [-0.3, -0.25) is 4.79 Å². The number of aryl methyl sites for hydroxylation is 2. The minimum atomic E-state index is 0.0156. The molecule has 4 rings (SSSR count). The van der Waals surface area contributed by atoms with E-state index >= 15 is 0 Å². The van der Waals surface area contributed by atoms with Crippen LogP contribution in [-0.4, -0.2) is 9.97 Å². The summed E-state index contributed by atoms with van der Waals surface area (Å²) in [6, 6.07) is 9.02. The molecular formula is C22H27N3OS. The van der Waals surface area contributed by atoms with Crippen LogP contribution in [0.5, 0.6) is 0 Å². The Bertz CT molecular complexity index is 1000. The Hall–Kier alpha value is -1.98. The van der Waals surface area contributed by atoms with Gasteiger partial charge in [0, 0.05) is 10.9 Å². The van der Waals surface area contributed by atoms with Gasteiger partial charge in [-0.25, -0.2) is 4.98 Å². The molecule has 1 aliphatic rings. The first kappa shape index (κ1) is 18.4. The zero-order valence-corrected chi connectivity index (χ0v) is 17.1. The van der Waals surface area contributed by atoms with Crippen molar-refractivity contribution in [2.45, 2.75) is 59.0 Å². The fourth-order valence-corrected chi connectivity index (χ4v) is 5.19. The quantitative estimate of drug-likeness (QED) is 0.660. The molecule has 0 amide bonds. The highest BCUT2D eigenvalue weighted by molar-refractivity contribution is 7.18. The van der Waals surface area contributed by atoms with Crippen LogP contribution < -0.4 is 10.9 Å². The van der Waals surface area contributed by atoms with Gasteiger partial charge in [0.1, 0.15) is 10.7 Å². The maximum Gasteiger partial charge on any atom is 0.259 e. The van der Waals surface area contributed by atoms with Gasteiger partial charge in [0.2, 0.25) is 0 Å². The molecule has 2 aromatic heterocycles. The number of nitrogens with zero attached hydrogens (tertiary/aromatic N) is 1. The van der Waals surface area contributed by atoms with Gasteiger partial charge in [-0.15, -0.1) is 11.3 Å². The maximum atomic E-state index is 12.5. The van der Waals surface area contributed by atoms with E-state index in [0.29, 0.717) is 12.5 Å². The monoisotopic (exact) mass is 381 g/mol. The summed E-state index contributed by atoms with van der Waals surface area (Å²) in [6.45, 7) is 7.19. The normalized spacial score (nSPS) is 14.8. The summed E-state index contributed by atoms with van der Waals surface area (Å²) in [5.41, 5.74) is 3.88. The average molecular weight is 382 g/mol. The molecule has 27 heavy (non-hydrogen) atoms. The maximum absolute atomic E-state index is 12.5. The van der Waals surface area contributed by atoms with Gasteiger partial charge >= 0.3 is 0 Å². The van der Waals surface area contributed by atoms with Crippen molar-refractivity contribution in [2.75, 3.05) is 0 Å². The lowest BCUT2D eigenvalue weighted by Gasteiger charge is -2.15. The Morgan fingerprint density at radius 1 is 1.19 bits per heavy atom. The molecule has 2 heterocycles. The molecule has 2 N–H and O–H groups in total. The number of hydrogen-bond donors (Lipinski definition) is 2. The van der Waals surface area contributed by atoms with Gasteiger partial charge in [-0.1, -0.05) is 38.1 Å². The molecule has 1 atom stereocenters. The fraction of sp³-hybridized carbons (Fsp3) is 0.455. The van der Waals surface area contributed by atoms with Crippen molar-refractivity contribution in [1.82, 2.24) is 15.3 Å². The highest BCUT2D eigenvalue weighted by Crippen LogP contribution is 2.34. The second-order valence-electron chi connectivity index (χ2n) is 7.99. The molecule has 0 radical (unpaired) electrons. The lowest BCUT2D eigenvalue weighted by atomic mass is 10.00. The third-order valence-corrected chi connectivity index (χ3v) is 6.51. The number of nitrogens with one attached hydrogen (secondary N) is 2. The molecule has 1 aliphatic carbocycles. The molecule has 0 bridgehead atoms. The first-order valence-corrected chi connectivity index (χ1v) is 10.7. The summed E-state index contributed by atoms with van der Waals surface area (Å²) in [5, 5.41) is 4.31. The van der Waals surface area contributed by atoms with Crippen LogP contribution >= 0.6 is 11.3 Å². The van der Waals surface area contributed by atoms with Crippen LogP contribution in [0.3, 0.4) is 0 Å². The molecule has 0 saturated carbocycles. The van der Waals surface area contributed by atoms with E-state index in [4.69, 9.17) is 4.98 Å². The van der Waals surface area contributed by atoms with Crippen molar-refractivity contribution in [3.8, 4) is 0 Å². The Labute approximate surface area is 164 Å². The minimum absolute atomic E-state index is 0.0156. The van der Waals surface area contributed by atoms with Gasteiger partial charge in [-0.05, 0) is 55.2 Å². The van der Waals surface area contributed by atoms with Crippen LogP contribution in [0, 0.1) is 5.92 Å². The van der Waals surface area contributed by atoms with Crippen molar-refractivity contribution in [1.29, 1.82) is 0 Å². The predicted octanol–water partition coefficient (Wildman–Crippen LogP) is 4.52. The standard InChI is InChI=1S/C22H27N3OS/c1-13(2)11-15-7-9-16(10-8-15)14(3)23-12-19-24-21(26)20-17-5-4-6-18(17)27-22(20)25-19/h7-10,13-14,23H,4-6,11-12H2,1-3H3,(H,24,25,26)/t14-/m1/s1. The first-order chi connectivity index (χ1) is 13.0. The Morgan fingerprint density at radius 3 is 2.70 bits per heavy atom. The Morgan fingerprint density at radius 2 is 1.96 bits per heavy atom. The van der Waals surface area contributed by atoms with E-state index in [0.717, 1.165) is 41.7 Å². The molecule has 142 valence electrons. The lowest BCUT2D eigenvalue weighted by Crippen LogP contribution is -2.22. The zero-order valence-electron chi connectivity index (χ0n) is 16.3. The summed E-state index contributed by atoms with van der Waals surface area (Å²) in [7, 11) is 0. The van der Waals surface area contributed by atoms with Gasteiger partial charge in [0.25, 0.3) is 5.56 Å². The van der Waals surface area contributed by atoms with E-state index < -0.39 is 0 Å². The summed E-state index contributed by atoms with van der Waals surface area (Å²) in [5.74, 6) is 1.39. The number of H-pyrrole nitrogens is 1. The molecule has 1 aromatic carbocycles. The number of thiophene rings is 1. The fourth-order valence-electron chi connectivity index (χ4n) is 3.91. The number of rotatable bonds is 6. The van der Waals surface area contributed by atoms with Crippen LogP contribution in [0.4, 0.5) is 0 Å². The van der Waals surface area contributed by atoms with Crippen molar-refractivity contribution in [2.24, 2.45) is 5.92 Å². The van der Waals surface area contributed by atoms with E-state index in [9.17, 15) is 4.79 Å². The number of hydrogen-bond acceptors (Lipinski definition) is 4. The first-order valence-electron chi connectivity index (χ1n) is 9.87. The largest absolute Gasteiger partial charge is 0.309 e. The Balaban J connectivity index is 1.46. The molecule has 0 spiro atoms. The molecular weight excluding hydrogens is 354 g/mol. The van der Waals surface area contributed by atoms with Gasteiger partial charge < -0.3 is 10.3 Å². The van der Waals surface area contributed by atoms with Gasteiger partial charge in [0.05, 0.1) is 11.9 Å². The SMILES string of the molecule is CC(C)Cc1ccc([C@@H](C)NCc2nc3sc4c(c3c(=O)[nH]2)CCC4)cc1. The smallest absolute Gasteiger partial charge is 0.259 e.